The van der Waals surface area contributed by atoms with Crippen molar-refractivity contribution in [3.8, 4) is 0 Å². The number of amides is 1. The summed E-state index contributed by atoms with van der Waals surface area (Å²) in [5.41, 5.74) is -0.371. The Balaban J connectivity index is 2.30. The molecule has 20 heavy (non-hydrogen) atoms. The van der Waals surface area contributed by atoms with Gasteiger partial charge in [-0.25, -0.2) is 0 Å². The van der Waals surface area contributed by atoms with Crippen LogP contribution in [0.2, 0.25) is 5.02 Å². The first kappa shape index (κ1) is 14.7. The molecule has 0 saturated carbocycles. The van der Waals surface area contributed by atoms with Crippen LogP contribution in [-0.2, 0) is 0 Å². The smallest absolute Gasteiger partial charge is 0.300 e. The number of carbonyl (C=O) groups is 1. The number of benzene rings is 1. The largest absolute Gasteiger partial charge is 0.393 e. The molecule has 0 radical (unpaired) electrons. The summed E-state index contributed by atoms with van der Waals surface area (Å²) in [5, 5.41) is 20.7. The van der Waals surface area contributed by atoms with Crippen molar-refractivity contribution < 1.29 is 14.8 Å². The summed E-state index contributed by atoms with van der Waals surface area (Å²) in [7, 11) is 0. The molecule has 0 aliphatic carbocycles. The number of rotatable bonds is 2. The molecule has 2 rings (SSSR count). The molecule has 0 spiro atoms. The van der Waals surface area contributed by atoms with Gasteiger partial charge in [-0.15, -0.1) is 0 Å². The van der Waals surface area contributed by atoms with Gasteiger partial charge in [-0.2, -0.15) is 0 Å². The van der Waals surface area contributed by atoms with E-state index in [0.717, 1.165) is 0 Å². The van der Waals surface area contributed by atoms with Gasteiger partial charge in [0.25, 0.3) is 5.91 Å². The quantitative estimate of drug-likeness (QED) is 0.669. The van der Waals surface area contributed by atoms with Gasteiger partial charge in [0.05, 0.1) is 11.0 Å². The van der Waals surface area contributed by atoms with Gasteiger partial charge >= 0.3 is 5.69 Å². The summed E-state index contributed by atoms with van der Waals surface area (Å²) in [6.07, 6.45) is 0.0368. The fourth-order valence-electron chi connectivity index (χ4n) is 2.36. The molecule has 1 saturated heterocycles. The third kappa shape index (κ3) is 2.76. The highest BCUT2D eigenvalue weighted by Crippen LogP contribution is 2.30. The monoisotopic (exact) mass is 298 g/mol. The summed E-state index contributed by atoms with van der Waals surface area (Å²) in [6, 6.07) is 4.31. The summed E-state index contributed by atoms with van der Waals surface area (Å²) < 4.78 is 0. The highest BCUT2D eigenvalue weighted by atomic mass is 35.5. The number of hydrogen-bond acceptors (Lipinski definition) is 4. The van der Waals surface area contributed by atoms with E-state index in [0.29, 0.717) is 19.5 Å². The Morgan fingerprint density at radius 2 is 2.25 bits per heavy atom. The minimum absolute atomic E-state index is 0.00825. The maximum atomic E-state index is 12.4. The molecule has 6 nitrogen and oxygen atoms in total. The molecule has 7 heteroatoms. The number of halogens is 1. The molecular weight excluding hydrogens is 284 g/mol. The molecule has 1 aromatic carbocycles. The van der Waals surface area contributed by atoms with E-state index in [1.54, 1.807) is 0 Å². The minimum Gasteiger partial charge on any atom is -0.393 e. The molecule has 1 N–H and O–H groups in total. The van der Waals surface area contributed by atoms with E-state index in [1.807, 2.05) is 6.92 Å². The topological polar surface area (TPSA) is 83.7 Å². The zero-order chi connectivity index (χ0) is 14.9. The van der Waals surface area contributed by atoms with Gasteiger partial charge < -0.3 is 10.0 Å². The van der Waals surface area contributed by atoms with Crippen LogP contribution >= 0.6 is 11.6 Å². The number of nitrogens with zero attached hydrogens (tertiary/aromatic N) is 2. The standard InChI is InChI=1S/C13H15ClN2O4/c1-8-7-15(6-5-11(8)17)13(18)9-3-2-4-10(14)12(9)16(19)20/h2-4,8,11,17H,5-7H2,1H3. The van der Waals surface area contributed by atoms with Crippen molar-refractivity contribution in [1.82, 2.24) is 4.90 Å². The van der Waals surface area contributed by atoms with Crippen molar-refractivity contribution in [3.63, 3.8) is 0 Å². The Morgan fingerprint density at radius 1 is 1.55 bits per heavy atom. The summed E-state index contributed by atoms with van der Waals surface area (Å²) >= 11 is 5.81. The Morgan fingerprint density at radius 3 is 2.85 bits per heavy atom. The Hall–Kier alpha value is -1.66. The third-order valence-electron chi connectivity index (χ3n) is 3.55. The first-order valence-electron chi connectivity index (χ1n) is 6.32. The molecular formula is C13H15ClN2O4. The van der Waals surface area contributed by atoms with Gasteiger partial charge in [-0.05, 0) is 24.5 Å². The average molecular weight is 299 g/mol. The van der Waals surface area contributed by atoms with E-state index >= 15 is 0 Å². The maximum absolute atomic E-state index is 12.4. The molecule has 1 aromatic rings. The molecule has 108 valence electrons. The zero-order valence-electron chi connectivity index (χ0n) is 11.0. The van der Waals surface area contributed by atoms with Crippen LogP contribution in [0.15, 0.2) is 18.2 Å². The third-order valence-corrected chi connectivity index (χ3v) is 3.85. The van der Waals surface area contributed by atoms with Gasteiger partial charge in [0.15, 0.2) is 0 Å². The molecule has 0 aromatic heterocycles. The number of aliphatic hydroxyl groups is 1. The highest BCUT2D eigenvalue weighted by molar-refractivity contribution is 6.33. The van der Waals surface area contributed by atoms with Crippen molar-refractivity contribution in [3.05, 3.63) is 38.9 Å². The van der Waals surface area contributed by atoms with Gasteiger partial charge in [0.2, 0.25) is 0 Å². The van der Waals surface area contributed by atoms with Gasteiger partial charge in [0.1, 0.15) is 10.6 Å². The maximum Gasteiger partial charge on any atom is 0.300 e. The summed E-state index contributed by atoms with van der Waals surface area (Å²) in [6.45, 7) is 2.61. The minimum atomic E-state index is -0.641. The average Bonchev–Trinajstić information content (AvgIpc) is 2.40. The number of piperidine rings is 1. The second-order valence-corrected chi connectivity index (χ2v) is 5.38. The van der Waals surface area contributed by atoms with E-state index in [-0.39, 0.29) is 22.2 Å². The molecule has 0 bridgehead atoms. The second-order valence-electron chi connectivity index (χ2n) is 4.98. The highest BCUT2D eigenvalue weighted by Gasteiger charge is 2.31. The predicted octanol–water partition coefficient (Wildman–Crippen LogP) is 2.09. The van der Waals surface area contributed by atoms with Crippen LogP contribution < -0.4 is 0 Å². The lowest BCUT2D eigenvalue weighted by Crippen LogP contribution is -2.45. The normalized spacial score (nSPS) is 22.6. The lowest BCUT2D eigenvalue weighted by Gasteiger charge is -2.34. The number of aliphatic hydroxyl groups excluding tert-OH is 1. The van der Waals surface area contributed by atoms with E-state index < -0.39 is 16.9 Å². The lowest BCUT2D eigenvalue weighted by molar-refractivity contribution is -0.385. The first-order valence-corrected chi connectivity index (χ1v) is 6.70. The summed E-state index contributed by atoms with van der Waals surface area (Å²) in [5.74, 6) is -0.469. The van der Waals surface area contributed by atoms with Crippen molar-refractivity contribution in [2.24, 2.45) is 5.92 Å². The van der Waals surface area contributed by atoms with E-state index in [1.165, 1.54) is 23.1 Å². The molecule has 2 unspecified atom stereocenters. The molecule has 1 amide bonds. The van der Waals surface area contributed by atoms with Crippen molar-refractivity contribution in [2.75, 3.05) is 13.1 Å². The SMILES string of the molecule is CC1CN(C(=O)c2cccc(Cl)c2[N+](=O)[O-])CCC1O. The van der Waals surface area contributed by atoms with Crippen LogP contribution in [0.1, 0.15) is 23.7 Å². The Labute approximate surface area is 121 Å². The fourth-order valence-corrected chi connectivity index (χ4v) is 2.61. The number of carbonyl (C=O) groups excluding carboxylic acids is 1. The number of hydrogen-bond donors (Lipinski definition) is 1. The van der Waals surface area contributed by atoms with Gasteiger partial charge in [-0.3, -0.25) is 14.9 Å². The zero-order valence-corrected chi connectivity index (χ0v) is 11.7. The molecule has 1 fully saturated rings. The predicted molar refractivity (Wildman–Crippen MR) is 73.8 cm³/mol. The van der Waals surface area contributed by atoms with E-state index in [9.17, 15) is 20.0 Å². The van der Waals surface area contributed by atoms with Crippen molar-refractivity contribution in [1.29, 1.82) is 0 Å². The van der Waals surface area contributed by atoms with Crippen LogP contribution in [0.4, 0.5) is 5.69 Å². The molecule has 1 aliphatic heterocycles. The first-order chi connectivity index (χ1) is 9.41. The van der Waals surface area contributed by atoms with Crippen LogP contribution in [0.3, 0.4) is 0 Å². The van der Waals surface area contributed by atoms with E-state index in [4.69, 9.17) is 11.6 Å². The van der Waals surface area contributed by atoms with Crippen LogP contribution in [-0.4, -0.2) is 40.0 Å². The van der Waals surface area contributed by atoms with Crippen molar-refractivity contribution in [2.45, 2.75) is 19.4 Å². The molecule has 2 atom stereocenters. The number of nitro benzene ring substituents is 1. The number of nitro groups is 1. The van der Waals surface area contributed by atoms with Gasteiger partial charge in [0, 0.05) is 13.1 Å². The lowest BCUT2D eigenvalue weighted by atomic mass is 9.96. The number of para-hydroxylation sites is 1. The van der Waals surface area contributed by atoms with Crippen LogP contribution in [0.5, 0.6) is 0 Å². The van der Waals surface area contributed by atoms with Crippen LogP contribution in [0.25, 0.3) is 0 Å². The molecule has 1 heterocycles. The number of likely N-dealkylation sites (tertiary alicyclic amines) is 1. The van der Waals surface area contributed by atoms with E-state index in [2.05, 4.69) is 0 Å². The van der Waals surface area contributed by atoms with Gasteiger partial charge in [-0.1, -0.05) is 24.6 Å². The molecule has 1 aliphatic rings. The van der Waals surface area contributed by atoms with Crippen molar-refractivity contribution >= 4 is 23.2 Å². The Bertz CT molecular complexity index is 549. The van der Waals surface area contributed by atoms with Crippen LogP contribution in [0, 0.1) is 16.0 Å². The second kappa shape index (κ2) is 5.76. The summed E-state index contributed by atoms with van der Waals surface area (Å²) in [4.78, 5) is 24.4. The Kier molecular flexibility index (Phi) is 4.25. The fraction of sp³-hybridized carbons (Fsp3) is 0.462.